The Morgan fingerprint density at radius 1 is 1.07 bits per heavy atom. The molecule has 2 rings (SSSR count). The number of hydrogen-bond acceptors (Lipinski definition) is 8. The number of carbonyl (C=O) groups is 1. The van der Waals surface area contributed by atoms with Crippen LogP contribution in [0.3, 0.4) is 0 Å². The molecule has 0 bridgehead atoms. The third kappa shape index (κ3) is 10.5. The van der Waals surface area contributed by atoms with Crippen LogP contribution in [-0.2, 0) is 21.3 Å². The number of aromatic hydroxyl groups is 1. The van der Waals surface area contributed by atoms with Crippen molar-refractivity contribution >= 4 is 16.1 Å². The average Bonchev–Trinajstić information content (AvgIpc) is 2.63. The molecule has 28 heavy (non-hydrogen) atoms. The van der Waals surface area contributed by atoms with E-state index in [2.05, 4.69) is 4.90 Å². The Labute approximate surface area is 164 Å². The first-order chi connectivity index (χ1) is 13.1. The molecule has 1 unspecified atom stereocenters. The fraction of sp³-hybridized carbons (Fsp3) is 0.588. The van der Waals surface area contributed by atoms with Crippen LogP contribution >= 0.6 is 0 Å². The van der Waals surface area contributed by atoms with E-state index in [4.69, 9.17) is 25.6 Å². The van der Waals surface area contributed by atoms with Crippen molar-refractivity contribution in [3.05, 3.63) is 29.8 Å². The summed E-state index contributed by atoms with van der Waals surface area (Å²) in [7, 11) is -3.84. The summed E-state index contributed by atoms with van der Waals surface area (Å²) in [5.74, 6) is -1.06. The number of piperazine rings is 1. The summed E-state index contributed by atoms with van der Waals surface area (Å²) in [5.41, 5.74) is 6.12. The van der Waals surface area contributed by atoms with Crippen LogP contribution in [0, 0.1) is 0 Å². The SMILES string of the molecule is NC(Cc1ccc(O)cc1)C(=O)O.O=S(=O)(O)CCN1CCN(CCO)CC1. The number of rotatable bonds is 8. The summed E-state index contributed by atoms with van der Waals surface area (Å²) < 4.78 is 29.6. The molecule has 0 radical (unpaired) electrons. The second-order valence-corrected chi connectivity index (χ2v) is 8.08. The minimum atomic E-state index is -3.84. The molecule has 1 aromatic carbocycles. The second kappa shape index (κ2) is 11.9. The number of hydrogen-bond donors (Lipinski definition) is 5. The maximum atomic E-state index is 10.5. The highest BCUT2D eigenvalue weighted by Gasteiger charge is 2.17. The van der Waals surface area contributed by atoms with Crippen LogP contribution in [-0.4, -0.2) is 102 Å². The zero-order valence-corrected chi connectivity index (χ0v) is 16.5. The molecule has 0 spiro atoms. The van der Waals surface area contributed by atoms with Crippen LogP contribution in [0.1, 0.15) is 5.56 Å². The van der Waals surface area contributed by atoms with Crippen molar-refractivity contribution in [2.75, 3.05) is 51.6 Å². The van der Waals surface area contributed by atoms with Gasteiger partial charge in [-0.15, -0.1) is 0 Å². The van der Waals surface area contributed by atoms with Gasteiger partial charge in [0.15, 0.2) is 0 Å². The highest BCUT2D eigenvalue weighted by molar-refractivity contribution is 7.85. The third-order valence-electron chi connectivity index (χ3n) is 4.26. The van der Waals surface area contributed by atoms with E-state index < -0.39 is 22.1 Å². The van der Waals surface area contributed by atoms with Gasteiger partial charge in [0.1, 0.15) is 11.8 Å². The Bertz CT molecular complexity index is 689. The van der Waals surface area contributed by atoms with E-state index in [9.17, 15) is 13.2 Å². The van der Waals surface area contributed by atoms with Crippen molar-refractivity contribution < 1.29 is 33.1 Å². The van der Waals surface area contributed by atoms with Crippen LogP contribution in [0.25, 0.3) is 0 Å². The second-order valence-electron chi connectivity index (χ2n) is 6.51. The molecule has 1 aliphatic rings. The quantitative estimate of drug-likeness (QED) is 0.324. The lowest BCUT2D eigenvalue weighted by molar-refractivity contribution is -0.138. The van der Waals surface area contributed by atoms with E-state index in [1.54, 1.807) is 12.1 Å². The molecule has 6 N–H and O–H groups in total. The summed E-state index contributed by atoms with van der Waals surface area (Å²) in [5, 5.41) is 26.2. The predicted octanol–water partition coefficient (Wildman–Crippen LogP) is -1.17. The number of nitrogens with zero attached hydrogens (tertiary/aromatic N) is 2. The normalized spacial score (nSPS) is 16.8. The Kier molecular flexibility index (Phi) is 10.4. The largest absolute Gasteiger partial charge is 0.508 e. The van der Waals surface area contributed by atoms with E-state index in [0.29, 0.717) is 13.1 Å². The van der Waals surface area contributed by atoms with Crippen molar-refractivity contribution in [1.82, 2.24) is 9.80 Å². The van der Waals surface area contributed by atoms with Gasteiger partial charge in [0.05, 0.1) is 12.4 Å². The Hall–Kier alpha value is -1.76. The number of nitrogens with two attached hydrogens (primary N) is 1. The van der Waals surface area contributed by atoms with E-state index in [1.165, 1.54) is 12.1 Å². The Morgan fingerprint density at radius 3 is 2.00 bits per heavy atom. The number of phenols is 1. The van der Waals surface area contributed by atoms with E-state index in [-0.39, 0.29) is 24.5 Å². The van der Waals surface area contributed by atoms with Crippen molar-refractivity contribution in [2.24, 2.45) is 5.73 Å². The van der Waals surface area contributed by atoms with Gasteiger partial charge in [0.25, 0.3) is 10.1 Å². The van der Waals surface area contributed by atoms with Crippen LogP contribution in [0.15, 0.2) is 24.3 Å². The highest BCUT2D eigenvalue weighted by Crippen LogP contribution is 2.10. The lowest BCUT2D eigenvalue weighted by atomic mass is 10.1. The summed E-state index contributed by atoms with van der Waals surface area (Å²) in [4.78, 5) is 14.5. The molecule has 10 nitrogen and oxygen atoms in total. The van der Waals surface area contributed by atoms with Gasteiger partial charge in [0, 0.05) is 39.3 Å². The molecule has 160 valence electrons. The number of phenolic OH excluding ortho intramolecular Hbond substituents is 1. The zero-order chi connectivity index (χ0) is 21.2. The molecule has 0 aromatic heterocycles. The lowest BCUT2D eigenvalue weighted by Crippen LogP contribution is -2.48. The molecular formula is C17H29N3O7S. The first-order valence-electron chi connectivity index (χ1n) is 8.87. The first kappa shape index (κ1) is 24.3. The van der Waals surface area contributed by atoms with Gasteiger partial charge in [-0.1, -0.05) is 12.1 Å². The molecule has 1 aromatic rings. The number of β-amino-alcohol motifs (C(OH)–C–C–N with tert-alkyl or cyclic N) is 1. The fourth-order valence-electron chi connectivity index (χ4n) is 2.60. The summed E-state index contributed by atoms with van der Waals surface area (Å²) in [6.45, 7) is 4.46. The van der Waals surface area contributed by atoms with Crippen LogP contribution < -0.4 is 5.73 Å². The van der Waals surface area contributed by atoms with E-state index in [1.807, 2.05) is 4.90 Å². The number of aliphatic carboxylic acids is 1. The molecule has 1 heterocycles. The molecule has 1 aliphatic heterocycles. The highest BCUT2D eigenvalue weighted by atomic mass is 32.2. The number of benzene rings is 1. The number of carboxylic acid groups (broad SMARTS) is 1. The maximum absolute atomic E-state index is 10.5. The smallest absolute Gasteiger partial charge is 0.320 e. The summed E-state index contributed by atoms with van der Waals surface area (Å²) in [6, 6.07) is 5.42. The monoisotopic (exact) mass is 419 g/mol. The lowest BCUT2D eigenvalue weighted by Gasteiger charge is -2.33. The van der Waals surface area contributed by atoms with Gasteiger partial charge in [-0.05, 0) is 24.1 Å². The molecule has 0 aliphatic carbocycles. The van der Waals surface area contributed by atoms with Crippen LogP contribution in [0.5, 0.6) is 5.75 Å². The van der Waals surface area contributed by atoms with Crippen molar-refractivity contribution in [3.63, 3.8) is 0 Å². The van der Waals surface area contributed by atoms with Gasteiger partial charge in [-0.25, -0.2) is 0 Å². The van der Waals surface area contributed by atoms with Gasteiger partial charge in [-0.2, -0.15) is 8.42 Å². The van der Waals surface area contributed by atoms with Crippen LogP contribution in [0.4, 0.5) is 0 Å². The van der Waals surface area contributed by atoms with Crippen molar-refractivity contribution in [2.45, 2.75) is 12.5 Å². The van der Waals surface area contributed by atoms with E-state index in [0.717, 1.165) is 31.7 Å². The molecular weight excluding hydrogens is 390 g/mol. The number of aliphatic hydroxyl groups is 1. The summed E-state index contributed by atoms with van der Waals surface area (Å²) >= 11 is 0. The van der Waals surface area contributed by atoms with Gasteiger partial charge in [0.2, 0.25) is 0 Å². The van der Waals surface area contributed by atoms with Gasteiger partial charge >= 0.3 is 5.97 Å². The van der Waals surface area contributed by atoms with Crippen molar-refractivity contribution in [1.29, 1.82) is 0 Å². The topological polar surface area (TPSA) is 165 Å². The molecule has 1 atom stereocenters. The zero-order valence-electron chi connectivity index (χ0n) is 15.6. The molecule has 0 amide bonds. The Morgan fingerprint density at radius 2 is 1.57 bits per heavy atom. The third-order valence-corrected chi connectivity index (χ3v) is 4.95. The minimum Gasteiger partial charge on any atom is -0.508 e. The number of carboxylic acids is 1. The van der Waals surface area contributed by atoms with E-state index >= 15 is 0 Å². The molecule has 11 heteroatoms. The van der Waals surface area contributed by atoms with Crippen molar-refractivity contribution in [3.8, 4) is 5.75 Å². The predicted molar refractivity (Wildman–Crippen MR) is 104 cm³/mol. The Balaban J connectivity index is 0.000000283. The summed E-state index contributed by atoms with van der Waals surface area (Å²) in [6.07, 6.45) is 0.273. The number of aliphatic hydroxyl groups excluding tert-OH is 1. The molecule has 1 saturated heterocycles. The fourth-order valence-corrected chi connectivity index (χ4v) is 3.08. The molecule has 1 fully saturated rings. The maximum Gasteiger partial charge on any atom is 0.320 e. The minimum absolute atomic E-state index is 0.158. The average molecular weight is 420 g/mol. The van der Waals surface area contributed by atoms with Gasteiger partial charge < -0.3 is 21.1 Å². The standard InChI is InChI=1S/C9H11NO3.C8H18N2O4S/c10-8(9(12)13)5-6-1-3-7(11)4-2-6;11-7-5-9-1-3-10(4-2-9)6-8-15(12,13)14/h1-4,8,11H,5,10H2,(H,12,13);11H,1-8H2,(H,12,13,14). The van der Waals surface area contributed by atoms with Gasteiger partial charge in [-0.3, -0.25) is 19.1 Å². The molecule has 0 saturated carbocycles. The first-order valence-corrected chi connectivity index (χ1v) is 10.5. The van der Waals surface area contributed by atoms with Crippen LogP contribution in [0.2, 0.25) is 0 Å².